The van der Waals surface area contributed by atoms with Gasteiger partial charge in [0.25, 0.3) is 0 Å². The van der Waals surface area contributed by atoms with Gasteiger partial charge in [-0.2, -0.15) is 5.10 Å². The van der Waals surface area contributed by atoms with Crippen molar-refractivity contribution in [3.05, 3.63) is 39.9 Å². The minimum absolute atomic E-state index is 0.0627. The summed E-state index contributed by atoms with van der Waals surface area (Å²) in [7, 11) is 0. The molecule has 2 aromatic rings. The minimum atomic E-state index is -0.470. The van der Waals surface area contributed by atoms with E-state index >= 15 is 0 Å². The van der Waals surface area contributed by atoms with Crippen molar-refractivity contribution in [3.63, 3.8) is 0 Å². The van der Waals surface area contributed by atoms with Gasteiger partial charge in [-0.25, -0.2) is 9.07 Å². The van der Waals surface area contributed by atoms with Crippen molar-refractivity contribution < 1.29 is 13.9 Å². The van der Waals surface area contributed by atoms with Crippen molar-refractivity contribution in [2.75, 3.05) is 13.2 Å². The first-order valence-electron chi connectivity index (χ1n) is 6.82. The van der Waals surface area contributed by atoms with Gasteiger partial charge < -0.3 is 9.47 Å². The molecule has 0 aliphatic carbocycles. The van der Waals surface area contributed by atoms with Crippen LogP contribution in [0.4, 0.5) is 4.39 Å². The molecule has 114 valence electrons. The third kappa shape index (κ3) is 2.56. The summed E-state index contributed by atoms with van der Waals surface area (Å²) in [5.74, 6) is 2.22. The van der Waals surface area contributed by atoms with Gasteiger partial charge in [-0.3, -0.25) is 0 Å². The SMILES string of the molecule is C#CCOc1cc(-n2nc3c(c2C)COCC3)c(F)cc1Cl. The average Bonchev–Trinajstić information content (AvgIpc) is 2.84. The molecule has 0 amide bonds. The Balaban J connectivity index is 2.08. The number of terminal acetylenes is 1. The van der Waals surface area contributed by atoms with Gasteiger partial charge in [-0.1, -0.05) is 17.5 Å². The predicted octanol–water partition coefficient (Wildman–Crippen LogP) is 3.06. The molecule has 4 nitrogen and oxygen atoms in total. The number of benzene rings is 1. The van der Waals surface area contributed by atoms with Crippen LogP contribution < -0.4 is 4.74 Å². The lowest BCUT2D eigenvalue weighted by atomic mass is 10.1. The van der Waals surface area contributed by atoms with E-state index in [0.29, 0.717) is 19.0 Å². The Morgan fingerprint density at radius 1 is 1.55 bits per heavy atom. The van der Waals surface area contributed by atoms with Gasteiger partial charge >= 0.3 is 0 Å². The van der Waals surface area contributed by atoms with Crippen molar-refractivity contribution in [1.29, 1.82) is 0 Å². The van der Waals surface area contributed by atoms with Crippen LogP contribution in [-0.4, -0.2) is 23.0 Å². The molecule has 0 radical (unpaired) electrons. The lowest BCUT2D eigenvalue weighted by Crippen LogP contribution is -2.08. The number of fused-ring (bicyclic) bond motifs is 1. The van der Waals surface area contributed by atoms with Crippen LogP contribution >= 0.6 is 11.6 Å². The molecule has 1 aliphatic heterocycles. The van der Waals surface area contributed by atoms with Crippen molar-refractivity contribution in [2.45, 2.75) is 20.0 Å². The zero-order valence-electron chi connectivity index (χ0n) is 12.0. The maximum atomic E-state index is 14.3. The van der Waals surface area contributed by atoms with Gasteiger partial charge in [-0.15, -0.1) is 6.42 Å². The molecular weight excluding hydrogens is 307 g/mol. The van der Waals surface area contributed by atoms with Crippen LogP contribution in [-0.2, 0) is 17.8 Å². The fourth-order valence-corrected chi connectivity index (χ4v) is 2.67. The summed E-state index contributed by atoms with van der Waals surface area (Å²) in [4.78, 5) is 0. The molecule has 0 saturated heterocycles. The molecule has 22 heavy (non-hydrogen) atoms. The highest BCUT2D eigenvalue weighted by molar-refractivity contribution is 6.32. The van der Waals surface area contributed by atoms with Crippen molar-refractivity contribution in [2.24, 2.45) is 0 Å². The first-order valence-corrected chi connectivity index (χ1v) is 7.20. The second-order valence-corrected chi connectivity index (χ2v) is 5.36. The molecule has 3 rings (SSSR count). The summed E-state index contributed by atoms with van der Waals surface area (Å²) < 4.78 is 26.7. The number of hydrogen-bond acceptors (Lipinski definition) is 3. The van der Waals surface area contributed by atoms with E-state index in [4.69, 9.17) is 27.5 Å². The Bertz CT molecular complexity index is 764. The standard InChI is InChI=1S/C16H14ClFN2O2/c1-3-5-22-16-8-15(13(18)7-12(16)17)20-10(2)11-9-21-6-4-14(11)19-20/h1,7-8H,4-6,9H2,2H3. The van der Waals surface area contributed by atoms with Gasteiger partial charge in [0.15, 0.2) is 5.82 Å². The summed E-state index contributed by atoms with van der Waals surface area (Å²) in [5, 5.41) is 4.67. The molecule has 0 unspecified atom stereocenters. The van der Waals surface area contributed by atoms with Gasteiger partial charge in [0, 0.05) is 23.7 Å². The Hall–Kier alpha value is -2.03. The zero-order valence-corrected chi connectivity index (χ0v) is 12.8. The van der Waals surface area contributed by atoms with Gasteiger partial charge in [0.05, 0.1) is 23.9 Å². The molecule has 2 heterocycles. The fraction of sp³-hybridized carbons (Fsp3) is 0.312. The van der Waals surface area contributed by atoms with Crippen LogP contribution in [0.1, 0.15) is 17.0 Å². The van der Waals surface area contributed by atoms with E-state index in [1.807, 2.05) is 6.92 Å². The Kier molecular flexibility index (Phi) is 4.06. The normalized spacial score (nSPS) is 13.5. The zero-order chi connectivity index (χ0) is 15.7. The molecule has 6 heteroatoms. The molecule has 1 aromatic heterocycles. The van der Waals surface area contributed by atoms with Crippen molar-refractivity contribution in [3.8, 4) is 23.8 Å². The molecule has 0 spiro atoms. The largest absolute Gasteiger partial charge is 0.479 e. The van der Waals surface area contributed by atoms with E-state index in [2.05, 4.69) is 11.0 Å². The monoisotopic (exact) mass is 320 g/mol. The average molecular weight is 321 g/mol. The summed E-state index contributed by atoms with van der Waals surface area (Å²) >= 11 is 5.98. The summed E-state index contributed by atoms with van der Waals surface area (Å²) in [5.41, 5.74) is 3.07. The van der Waals surface area contributed by atoms with E-state index in [9.17, 15) is 4.39 Å². The first kappa shape index (κ1) is 14.9. The fourth-order valence-electron chi connectivity index (χ4n) is 2.47. The third-order valence-electron chi connectivity index (χ3n) is 3.59. The molecule has 1 aromatic carbocycles. The Labute approximate surface area is 132 Å². The quantitative estimate of drug-likeness (QED) is 0.816. The lowest BCUT2D eigenvalue weighted by molar-refractivity contribution is 0.110. The summed E-state index contributed by atoms with van der Waals surface area (Å²) in [6.45, 7) is 3.07. The van der Waals surface area contributed by atoms with E-state index < -0.39 is 5.82 Å². The molecule has 0 atom stereocenters. The van der Waals surface area contributed by atoms with E-state index in [1.165, 1.54) is 12.1 Å². The Morgan fingerprint density at radius 3 is 3.09 bits per heavy atom. The number of ether oxygens (including phenoxy) is 2. The van der Waals surface area contributed by atoms with Crippen LogP contribution in [0.2, 0.25) is 5.02 Å². The van der Waals surface area contributed by atoms with Crippen LogP contribution in [0, 0.1) is 25.1 Å². The minimum Gasteiger partial charge on any atom is -0.479 e. The summed E-state index contributed by atoms with van der Waals surface area (Å²) in [6.07, 6.45) is 5.89. The highest BCUT2D eigenvalue weighted by Gasteiger charge is 2.21. The van der Waals surface area contributed by atoms with Gasteiger partial charge in [-0.05, 0) is 13.0 Å². The van der Waals surface area contributed by atoms with Crippen LogP contribution in [0.15, 0.2) is 12.1 Å². The van der Waals surface area contributed by atoms with E-state index in [1.54, 1.807) is 4.68 Å². The molecule has 0 bridgehead atoms. The maximum Gasteiger partial charge on any atom is 0.150 e. The van der Waals surface area contributed by atoms with Crippen molar-refractivity contribution in [1.82, 2.24) is 9.78 Å². The number of hydrogen-bond donors (Lipinski definition) is 0. The second kappa shape index (κ2) is 5.99. The van der Waals surface area contributed by atoms with E-state index in [0.717, 1.165) is 23.4 Å². The maximum absolute atomic E-state index is 14.3. The van der Waals surface area contributed by atoms with Gasteiger partial charge in [0.2, 0.25) is 0 Å². The van der Waals surface area contributed by atoms with Crippen LogP contribution in [0.5, 0.6) is 5.75 Å². The van der Waals surface area contributed by atoms with Crippen LogP contribution in [0.25, 0.3) is 5.69 Å². The highest BCUT2D eigenvalue weighted by Crippen LogP contribution is 2.31. The molecule has 0 saturated carbocycles. The number of halogens is 2. The third-order valence-corrected chi connectivity index (χ3v) is 3.89. The predicted molar refractivity (Wildman–Crippen MR) is 81.0 cm³/mol. The molecule has 0 N–H and O–H groups in total. The Morgan fingerprint density at radius 2 is 2.36 bits per heavy atom. The van der Waals surface area contributed by atoms with Crippen molar-refractivity contribution >= 4 is 11.6 Å². The lowest BCUT2D eigenvalue weighted by Gasteiger charge is -2.11. The van der Waals surface area contributed by atoms with Gasteiger partial charge in [0.1, 0.15) is 18.0 Å². The van der Waals surface area contributed by atoms with E-state index in [-0.39, 0.29) is 17.3 Å². The smallest absolute Gasteiger partial charge is 0.150 e. The highest BCUT2D eigenvalue weighted by atomic mass is 35.5. The summed E-state index contributed by atoms with van der Waals surface area (Å²) in [6, 6.07) is 2.72. The molecule has 1 aliphatic rings. The molecule has 0 fully saturated rings. The second-order valence-electron chi connectivity index (χ2n) is 4.95. The first-order chi connectivity index (χ1) is 10.6. The molecular formula is C16H14ClFN2O2. The number of aromatic nitrogens is 2. The van der Waals surface area contributed by atoms with Crippen LogP contribution in [0.3, 0.4) is 0 Å². The number of rotatable bonds is 3. The number of nitrogens with zero attached hydrogens (tertiary/aromatic N) is 2. The topological polar surface area (TPSA) is 36.3 Å².